The average molecular weight is 142 g/mol. The number of nitrogens with zero attached hydrogens (tertiary/aromatic N) is 1. The van der Waals surface area contributed by atoms with Crippen molar-refractivity contribution < 1.29 is 4.74 Å². The highest BCUT2D eigenvalue weighted by Gasteiger charge is 2.08. The van der Waals surface area contributed by atoms with E-state index in [0.717, 1.165) is 6.61 Å². The third-order valence-electron chi connectivity index (χ3n) is 1.78. The standard InChI is InChI=1S/C8H16NO/c1-2-10-8-9-6-4-3-5-7-9/h8H,2-7H2,1H3. The van der Waals surface area contributed by atoms with Gasteiger partial charge in [0, 0.05) is 19.7 Å². The summed E-state index contributed by atoms with van der Waals surface area (Å²) in [5.41, 5.74) is 0. The van der Waals surface area contributed by atoms with E-state index in [0.29, 0.717) is 0 Å². The van der Waals surface area contributed by atoms with Crippen molar-refractivity contribution in [1.82, 2.24) is 4.90 Å². The first kappa shape index (κ1) is 8.02. The molecule has 10 heavy (non-hydrogen) atoms. The third kappa shape index (κ3) is 2.67. The minimum atomic E-state index is 0.788. The van der Waals surface area contributed by atoms with Gasteiger partial charge in [-0.3, -0.25) is 4.90 Å². The van der Waals surface area contributed by atoms with Crippen LogP contribution in [0.5, 0.6) is 0 Å². The van der Waals surface area contributed by atoms with Crippen molar-refractivity contribution in [3.8, 4) is 0 Å². The zero-order valence-corrected chi connectivity index (χ0v) is 6.68. The molecule has 0 aromatic rings. The molecule has 0 aromatic carbocycles. The van der Waals surface area contributed by atoms with E-state index in [4.69, 9.17) is 4.74 Å². The first-order valence-electron chi connectivity index (χ1n) is 4.12. The summed E-state index contributed by atoms with van der Waals surface area (Å²) in [6, 6.07) is 0. The Kier molecular flexibility index (Phi) is 3.76. The lowest BCUT2D eigenvalue weighted by molar-refractivity contribution is 0.0944. The molecule has 0 bridgehead atoms. The molecule has 2 heteroatoms. The van der Waals surface area contributed by atoms with Gasteiger partial charge in [-0.05, 0) is 19.8 Å². The number of likely N-dealkylation sites (tertiary alicyclic amines) is 1. The quantitative estimate of drug-likeness (QED) is 0.594. The third-order valence-corrected chi connectivity index (χ3v) is 1.78. The summed E-state index contributed by atoms with van der Waals surface area (Å²) in [6.07, 6.45) is 4.03. The fraction of sp³-hybridized carbons (Fsp3) is 0.875. The number of piperidine rings is 1. The lowest BCUT2D eigenvalue weighted by atomic mass is 10.1. The van der Waals surface area contributed by atoms with Crippen LogP contribution in [0.15, 0.2) is 0 Å². The van der Waals surface area contributed by atoms with E-state index in [1.54, 1.807) is 0 Å². The molecule has 1 fully saturated rings. The molecule has 0 amide bonds. The molecular formula is C8H16NO. The van der Waals surface area contributed by atoms with Gasteiger partial charge in [0.1, 0.15) is 0 Å². The maximum absolute atomic E-state index is 5.17. The van der Waals surface area contributed by atoms with Gasteiger partial charge in [-0.15, -0.1) is 0 Å². The second kappa shape index (κ2) is 4.69. The van der Waals surface area contributed by atoms with Crippen molar-refractivity contribution in [1.29, 1.82) is 0 Å². The van der Waals surface area contributed by atoms with Gasteiger partial charge in [0.15, 0.2) is 6.73 Å². The number of ether oxygens (including phenoxy) is 1. The lowest BCUT2D eigenvalue weighted by Crippen LogP contribution is -2.28. The first-order valence-corrected chi connectivity index (χ1v) is 4.12. The van der Waals surface area contributed by atoms with Gasteiger partial charge in [0.25, 0.3) is 0 Å². The van der Waals surface area contributed by atoms with Crippen molar-refractivity contribution in [2.75, 3.05) is 19.7 Å². The molecule has 1 aliphatic heterocycles. The van der Waals surface area contributed by atoms with Crippen LogP contribution in [0.25, 0.3) is 0 Å². The molecular weight excluding hydrogens is 126 g/mol. The van der Waals surface area contributed by atoms with Crippen molar-refractivity contribution in [3.05, 3.63) is 6.73 Å². The Morgan fingerprint density at radius 1 is 1.30 bits per heavy atom. The van der Waals surface area contributed by atoms with Crippen LogP contribution >= 0.6 is 0 Å². The number of hydrogen-bond acceptors (Lipinski definition) is 2. The molecule has 1 saturated heterocycles. The van der Waals surface area contributed by atoms with E-state index in [-0.39, 0.29) is 0 Å². The molecule has 0 spiro atoms. The number of hydrogen-bond donors (Lipinski definition) is 0. The topological polar surface area (TPSA) is 12.5 Å². The van der Waals surface area contributed by atoms with E-state index < -0.39 is 0 Å². The predicted molar refractivity (Wildman–Crippen MR) is 41.4 cm³/mol. The molecule has 1 rings (SSSR count). The summed E-state index contributed by atoms with van der Waals surface area (Å²) >= 11 is 0. The molecule has 59 valence electrons. The van der Waals surface area contributed by atoms with Gasteiger partial charge in [-0.1, -0.05) is 6.42 Å². The zero-order chi connectivity index (χ0) is 7.23. The highest BCUT2D eigenvalue weighted by Crippen LogP contribution is 2.09. The Morgan fingerprint density at radius 3 is 2.60 bits per heavy atom. The van der Waals surface area contributed by atoms with Gasteiger partial charge in [0.2, 0.25) is 0 Å². The van der Waals surface area contributed by atoms with Crippen molar-refractivity contribution in [3.63, 3.8) is 0 Å². The monoisotopic (exact) mass is 142 g/mol. The highest BCUT2D eigenvalue weighted by molar-refractivity contribution is 4.65. The smallest absolute Gasteiger partial charge is 0.150 e. The van der Waals surface area contributed by atoms with Crippen LogP contribution in [0.4, 0.5) is 0 Å². The Bertz CT molecular complexity index is 79.3. The van der Waals surface area contributed by atoms with E-state index in [1.165, 1.54) is 32.4 Å². The van der Waals surface area contributed by atoms with Gasteiger partial charge in [0.05, 0.1) is 0 Å². The molecule has 0 atom stereocenters. The molecule has 0 unspecified atom stereocenters. The molecule has 0 saturated carbocycles. The van der Waals surface area contributed by atoms with E-state index in [2.05, 4.69) is 4.90 Å². The van der Waals surface area contributed by atoms with Crippen molar-refractivity contribution in [2.45, 2.75) is 26.2 Å². The SMILES string of the molecule is CCO[CH]N1CCCCC1. The molecule has 1 radical (unpaired) electrons. The van der Waals surface area contributed by atoms with Gasteiger partial charge < -0.3 is 4.74 Å². The lowest BCUT2D eigenvalue weighted by Gasteiger charge is -2.24. The van der Waals surface area contributed by atoms with Crippen LogP contribution in [0.2, 0.25) is 0 Å². The molecule has 1 heterocycles. The molecule has 1 aliphatic rings. The van der Waals surface area contributed by atoms with Crippen LogP contribution in [0.3, 0.4) is 0 Å². The fourth-order valence-corrected chi connectivity index (χ4v) is 1.20. The zero-order valence-electron chi connectivity index (χ0n) is 6.68. The fourth-order valence-electron chi connectivity index (χ4n) is 1.20. The normalized spacial score (nSPS) is 21.3. The maximum atomic E-state index is 5.17. The summed E-state index contributed by atoms with van der Waals surface area (Å²) in [4.78, 5) is 2.26. The van der Waals surface area contributed by atoms with Crippen molar-refractivity contribution in [2.24, 2.45) is 0 Å². The minimum Gasteiger partial charge on any atom is -0.359 e. The van der Waals surface area contributed by atoms with Crippen LogP contribution in [-0.2, 0) is 4.74 Å². The van der Waals surface area contributed by atoms with E-state index >= 15 is 0 Å². The van der Waals surface area contributed by atoms with Crippen LogP contribution in [-0.4, -0.2) is 24.6 Å². The molecule has 0 aliphatic carbocycles. The average Bonchev–Trinajstić information content (AvgIpc) is 2.03. The van der Waals surface area contributed by atoms with Gasteiger partial charge in [-0.25, -0.2) is 0 Å². The van der Waals surface area contributed by atoms with E-state index in [9.17, 15) is 0 Å². The summed E-state index contributed by atoms with van der Waals surface area (Å²) in [7, 11) is 0. The summed E-state index contributed by atoms with van der Waals surface area (Å²) in [6.45, 7) is 7.04. The summed E-state index contributed by atoms with van der Waals surface area (Å²) < 4.78 is 5.17. The Balaban J connectivity index is 2.02. The second-order valence-corrected chi connectivity index (χ2v) is 2.66. The largest absolute Gasteiger partial charge is 0.359 e. The van der Waals surface area contributed by atoms with Crippen molar-refractivity contribution >= 4 is 0 Å². The van der Waals surface area contributed by atoms with Gasteiger partial charge >= 0.3 is 0 Å². The van der Waals surface area contributed by atoms with Crippen LogP contribution in [0.1, 0.15) is 26.2 Å². The summed E-state index contributed by atoms with van der Waals surface area (Å²) in [5, 5.41) is 0. The Hall–Kier alpha value is -0.0800. The highest BCUT2D eigenvalue weighted by atomic mass is 16.5. The van der Waals surface area contributed by atoms with Crippen LogP contribution < -0.4 is 0 Å². The Morgan fingerprint density at radius 2 is 2.00 bits per heavy atom. The molecule has 2 nitrogen and oxygen atoms in total. The molecule has 0 N–H and O–H groups in total. The Labute approximate surface area is 63.2 Å². The maximum Gasteiger partial charge on any atom is 0.150 e. The van der Waals surface area contributed by atoms with Gasteiger partial charge in [-0.2, -0.15) is 0 Å². The molecule has 0 aromatic heterocycles. The van der Waals surface area contributed by atoms with E-state index in [1.807, 2.05) is 13.7 Å². The first-order chi connectivity index (χ1) is 4.93. The number of rotatable bonds is 3. The second-order valence-electron chi connectivity index (χ2n) is 2.66. The van der Waals surface area contributed by atoms with Crippen LogP contribution in [0, 0.1) is 6.73 Å². The summed E-state index contributed by atoms with van der Waals surface area (Å²) in [5.74, 6) is 0. The predicted octanol–water partition coefficient (Wildman–Crippen LogP) is 1.63. The minimum absolute atomic E-state index is 0.788.